The number of para-hydroxylation sites is 1. The standard InChI is InChI=1S/C20H21ClN4O4S/c1-14(26)29-25-17-10-9-15(21)13-16(17)20(22-25)23(2)18-7-3-4-8-19(18)30(27,28)24-11-5-6-12-24/h3-4,7-10,13H,5-6,11-12H2,1-2H3. The van der Waals surface area contributed by atoms with Crippen LogP contribution in [0.15, 0.2) is 47.4 Å². The zero-order valence-corrected chi connectivity index (χ0v) is 18.2. The first-order chi connectivity index (χ1) is 14.3. The monoisotopic (exact) mass is 448 g/mol. The average Bonchev–Trinajstić information content (AvgIpc) is 3.36. The van der Waals surface area contributed by atoms with E-state index in [1.807, 2.05) is 0 Å². The average molecular weight is 449 g/mol. The number of nitrogens with zero attached hydrogens (tertiary/aromatic N) is 4. The van der Waals surface area contributed by atoms with Crippen LogP contribution in [0.25, 0.3) is 10.9 Å². The van der Waals surface area contributed by atoms with Gasteiger partial charge in [0, 0.05) is 37.5 Å². The molecule has 0 saturated carbocycles. The van der Waals surface area contributed by atoms with E-state index in [0.29, 0.717) is 40.5 Å². The second-order valence-electron chi connectivity index (χ2n) is 7.08. The molecule has 0 N–H and O–H groups in total. The molecule has 1 aliphatic rings. The lowest BCUT2D eigenvalue weighted by molar-refractivity contribution is -0.142. The van der Waals surface area contributed by atoms with Crippen molar-refractivity contribution in [3.8, 4) is 0 Å². The number of rotatable bonds is 5. The summed E-state index contributed by atoms with van der Waals surface area (Å²) in [5, 5.41) is 5.51. The highest BCUT2D eigenvalue weighted by molar-refractivity contribution is 7.89. The van der Waals surface area contributed by atoms with Crippen LogP contribution in [-0.4, -0.2) is 48.8 Å². The number of carbonyl (C=O) groups is 1. The van der Waals surface area contributed by atoms with Crippen molar-refractivity contribution in [3.05, 3.63) is 47.5 Å². The molecule has 3 aromatic rings. The number of anilines is 2. The number of aromatic nitrogens is 2. The molecule has 30 heavy (non-hydrogen) atoms. The van der Waals surface area contributed by atoms with Gasteiger partial charge in [0.15, 0.2) is 5.82 Å². The summed E-state index contributed by atoms with van der Waals surface area (Å²) in [5.74, 6) is -0.113. The maximum Gasteiger partial charge on any atom is 0.331 e. The van der Waals surface area contributed by atoms with E-state index >= 15 is 0 Å². The molecular formula is C20H21ClN4O4S. The van der Waals surface area contributed by atoms with Crippen LogP contribution in [-0.2, 0) is 14.8 Å². The van der Waals surface area contributed by atoms with Gasteiger partial charge in [-0.2, -0.15) is 4.31 Å². The summed E-state index contributed by atoms with van der Waals surface area (Å²) in [5.41, 5.74) is 1.01. The number of benzene rings is 2. The smallest absolute Gasteiger partial charge is 0.326 e. The van der Waals surface area contributed by atoms with E-state index in [4.69, 9.17) is 16.4 Å². The highest BCUT2D eigenvalue weighted by Gasteiger charge is 2.31. The molecule has 0 radical (unpaired) electrons. The normalized spacial score (nSPS) is 14.9. The Kier molecular flexibility index (Phi) is 5.44. The van der Waals surface area contributed by atoms with Crippen LogP contribution in [0.3, 0.4) is 0 Å². The first kappa shape index (κ1) is 20.6. The molecule has 1 fully saturated rings. The van der Waals surface area contributed by atoms with E-state index < -0.39 is 16.0 Å². The summed E-state index contributed by atoms with van der Waals surface area (Å²) in [4.78, 5) is 19.7. The lowest BCUT2D eigenvalue weighted by atomic mass is 10.2. The summed E-state index contributed by atoms with van der Waals surface area (Å²) < 4.78 is 28.0. The highest BCUT2D eigenvalue weighted by atomic mass is 35.5. The summed E-state index contributed by atoms with van der Waals surface area (Å²) in [6.45, 7) is 2.31. The Labute approximate surface area is 179 Å². The second-order valence-corrected chi connectivity index (χ2v) is 9.42. The predicted molar refractivity (Wildman–Crippen MR) is 115 cm³/mol. The molecule has 10 heteroatoms. The molecule has 0 bridgehead atoms. The lowest BCUT2D eigenvalue weighted by Crippen LogP contribution is -2.29. The van der Waals surface area contributed by atoms with Crippen LogP contribution in [0.5, 0.6) is 0 Å². The molecule has 0 unspecified atom stereocenters. The minimum absolute atomic E-state index is 0.201. The zero-order valence-electron chi connectivity index (χ0n) is 16.6. The maximum absolute atomic E-state index is 13.2. The molecule has 0 atom stereocenters. The van der Waals surface area contributed by atoms with Crippen LogP contribution < -0.4 is 9.74 Å². The maximum atomic E-state index is 13.2. The van der Waals surface area contributed by atoms with Crippen molar-refractivity contribution in [2.75, 3.05) is 25.0 Å². The van der Waals surface area contributed by atoms with Gasteiger partial charge in [0.25, 0.3) is 0 Å². The van der Waals surface area contributed by atoms with Crippen LogP contribution in [0.2, 0.25) is 5.02 Å². The summed E-state index contributed by atoms with van der Waals surface area (Å²) in [6.07, 6.45) is 1.71. The molecule has 2 aromatic carbocycles. The van der Waals surface area contributed by atoms with Crippen molar-refractivity contribution in [2.24, 2.45) is 0 Å². The topological polar surface area (TPSA) is 84.7 Å². The first-order valence-electron chi connectivity index (χ1n) is 9.49. The molecule has 158 valence electrons. The van der Waals surface area contributed by atoms with E-state index in [1.54, 1.807) is 54.4 Å². The van der Waals surface area contributed by atoms with Crippen molar-refractivity contribution in [1.82, 2.24) is 14.2 Å². The SMILES string of the molecule is CC(=O)On1nc(N(C)c2ccccc2S(=O)(=O)N2CCCC2)c2cc(Cl)ccc21. The van der Waals surface area contributed by atoms with E-state index in [-0.39, 0.29) is 4.90 Å². The Morgan fingerprint density at radius 3 is 2.57 bits per heavy atom. The van der Waals surface area contributed by atoms with Gasteiger partial charge in [0.1, 0.15) is 10.4 Å². The predicted octanol–water partition coefficient (Wildman–Crippen LogP) is 3.22. The van der Waals surface area contributed by atoms with Crippen molar-refractivity contribution >= 4 is 50.0 Å². The van der Waals surface area contributed by atoms with Gasteiger partial charge in [-0.15, -0.1) is 5.10 Å². The van der Waals surface area contributed by atoms with Gasteiger partial charge < -0.3 is 9.74 Å². The largest absolute Gasteiger partial charge is 0.331 e. The summed E-state index contributed by atoms with van der Waals surface area (Å²) >= 11 is 6.18. The van der Waals surface area contributed by atoms with Crippen LogP contribution in [0, 0.1) is 0 Å². The van der Waals surface area contributed by atoms with Crippen molar-refractivity contribution < 1.29 is 18.0 Å². The van der Waals surface area contributed by atoms with Crippen molar-refractivity contribution in [3.63, 3.8) is 0 Å². The fourth-order valence-corrected chi connectivity index (χ4v) is 5.53. The highest BCUT2D eigenvalue weighted by Crippen LogP contribution is 2.36. The molecule has 1 saturated heterocycles. The van der Waals surface area contributed by atoms with Crippen molar-refractivity contribution in [1.29, 1.82) is 0 Å². The number of sulfonamides is 1. The molecule has 0 amide bonds. The number of fused-ring (bicyclic) bond motifs is 1. The quantitative estimate of drug-likeness (QED) is 0.595. The third-order valence-electron chi connectivity index (χ3n) is 5.03. The molecular weight excluding hydrogens is 428 g/mol. The fraction of sp³-hybridized carbons (Fsp3) is 0.300. The van der Waals surface area contributed by atoms with E-state index in [1.165, 1.54) is 11.2 Å². The number of halogens is 1. The molecule has 0 spiro atoms. The minimum atomic E-state index is -3.65. The number of carbonyl (C=O) groups excluding carboxylic acids is 1. The number of hydrogen-bond donors (Lipinski definition) is 0. The van der Waals surface area contributed by atoms with Crippen LogP contribution >= 0.6 is 11.6 Å². The Morgan fingerprint density at radius 2 is 1.87 bits per heavy atom. The molecule has 4 rings (SSSR count). The fourth-order valence-electron chi connectivity index (χ4n) is 3.62. The van der Waals surface area contributed by atoms with Gasteiger partial charge >= 0.3 is 5.97 Å². The van der Waals surface area contributed by atoms with E-state index in [9.17, 15) is 13.2 Å². The Morgan fingerprint density at radius 1 is 1.17 bits per heavy atom. The molecule has 1 aromatic heterocycles. The van der Waals surface area contributed by atoms with Gasteiger partial charge in [-0.1, -0.05) is 28.6 Å². The van der Waals surface area contributed by atoms with Crippen LogP contribution in [0.1, 0.15) is 19.8 Å². The van der Waals surface area contributed by atoms with Crippen molar-refractivity contribution in [2.45, 2.75) is 24.7 Å². The van der Waals surface area contributed by atoms with E-state index in [2.05, 4.69) is 5.10 Å². The Bertz CT molecular complexity index is 1220. The number of hydrogen-bond acceptors (Lipinski definition) is 6. The molecule has 2 heterocycles. The van der Waals surface area contributed by atoms with Gasteiger partial charge in [-0.3, -0.25) is 0 Å². The van der Waals surface area contributed by atoms with E-state index in [0.717, 1.165) is 17.7 Å². The summed E-state index contributed by atoms with van der Waals surface area (Å²) in [6, 6.07) is 11.9. The molecule has 0 aliphatic carbocycles. The first-order valence-corrected chi connectivity index (χ1v) is 11.3. The molecule has 1 aliphatic heterocycles. The van der Waals surface area contributed by atoms with Gasteiger partial charge in [0.05, 0.1) is 5.69 Å². The van der Waals surface area contributed by atoms with Gasteiger partial charge in [0.2, 0.25) is 10.0 Å². The third kappa shape index (κ3) is 3.64. The Hall–Kier alpha value is -2.62. The zero-order chi connectivity index (χ0) is 21.5. The van der Waals surface area contributed by atoms with Gasteiger partial charge in [-0.05, 0) is 43.2 Å². The second kappa shape index (κ2) is 7.90. The molecule has 8 nitrogen and oxygen atoms in total. The third-order valence-corrected chi connectivity index (χ3v) is 7.21. The lowest BCUT2D eigenvalue weighted by Gasteiger charge is -2.23. The summed E-state index contributed by atoms with van der Waals surface area (Å²) in [7, 11) is -1.93. The van der Waals surface area contributed by atoms with Gasteiger partial charge in [-0.25, -0.2) is 13.2 Å². The Balaban J connectivity index is 1.85. The van der Waals surface area contributed by atoms with Crippen LogP contribution in [0.4, 0.5) is 11.5 Å². The minimum Gasteiger partial charge on any atom is -0.326 e.